The maximum absolute atomic E-state index is 12.6. The molecule has 0 fully saturated rings. The van der Waals surface area contributed by atoms with Crippen LogP contribution >= 0.6 is 0 Å². The van der Waals surface area contributed by atoms with Gasteiger partial charge >= 0.3 is 0 Å². The van der Waals surface area contributed by atoms with E-state index in [1.54, 1.807) is 24.3 Å². The fraction of sp³-hybridized carbons (Fsp3) is 0.0833. The number of carbonyl (C=O) groups excluding carboxylic acids is 1. The summed E-state index contributed by atoms with van der Waals surface area (Å²) in [4.78, 5) is 23.1. The summed E-state index contributed by atoms with van der Waals surface area (Å²) in [5.74, 6) is 0.0973. The van der Waals surface area contributed by atoms with Gasteiger partial charge in [-0.1, -0.05) is 42.5 Å². The van der Waals surface area contributed by atoms with Crippen molar-refractivity contribution >= 4 is 23.4 Å². The van der Waals surface area contributed by atoms with Crippen molar-refractivity contribution in [3.8, 4) is 17.6 Å². The first-order valence-electron chi connectivity index (χ1n) is 9.52. The molecule has 0 heterocycles. The Balaban J connectivity index is 1.77. The lowest BCUT2D eigenvalue weighted by atomic mass is 10.1. The molecule has 1 N–H and O–H groups in total. The van der Waals surface area contributed by atoms with Gasteiger partial charge in [0.2, 0.25) is 0 Å². The highest BCUT2D eigenvalue weighted by Crippen LogP contribution is 2.29. The topological polar surface area (TPSA) is 114 Å². The van der Waals surface area contributed by atoms with Crippen LogP contribution in [0, 0.1) is 21.4 Å². The van der Waals surface area contributed by atoms with E-state index in [9.17, 15) is 20.2 Å². The fourth-order valence-corrected chi connectivity index (χ4v) is 2.85. The smallest absolute Gasteiger partial charge is 0.271 e. The van der Waals surface area contributed by atoms with E-state index in [0.717, 1.165) is 5.56 Å². The van der Waals surface area contributed by atoms with E-state index >= 15 is 0 Å². The van der Waals surface area contributed by atoms with Crippen LogP contribution in [-0.2, 0) is 11.4 Å². The Morgan fingerprint density at radius 1 is 1.12 bits per heavy atom. The van der Waals surface area contributed by atoms with Crippen LogP contribution in [0.1, 0.15) is 11.1 Å². The van der Waals surface area contributed by atoms with Crippen molar-refractivity contribution in [1.82, 2.24) is 0 Å². The molecule has 0 aliphatic carbocycles. The van der Waals surface area contributed by atoms with E-state index in [1.165, 1.54) is 31.4 Å². The first kappa shape index (κ1) is 22.1. The highest BCUT2D eigenvalue weighted by Gasteiger charge is 2.16. The number of nitriles is 1. The lowest BCUT2D eigenvalue weighted by molar-refractivity contribution is -0.384. The molecule has 0 saturated carbocycles. The van der Waals surface area contributed by atoms with Crippen LogP contribution in [0.25, 0.3) is 6.08 Å². The molecule has 0 unspecified atom stereocenters. The lowest BCUT2D eigenvalue weighted by Gasteiger charge is -2.10. The number of nitrogens with one attached hydrogen (secondary N) is 1. The minimum Gasteiger partial charge on any atom is -0.495 e. The number of hydrogen-bond acceptors (Lipinski definition) is 6. The quantitative estimate of drug-likeness (QED) is 0.240. The van der Waals surface area contributed by atoms with Gasteiger partial charge in [0.1, 0.15) is 29.7 Å². The molecule has 0 aromatic heterocycles. The second-order valence-electron chi connectivity index (χ2n) is 6.61. The normalized spacial score (nSPS) is 10.7. The van der Waals surface area contributed by atoms with E-state index < -0.39 is 10.8 Å². The first-order chi connectivity index (χ1) is 15.5. The molecule has 3 aromatic rings. The molecule has 0 radical (unpaired) electrons. The van der Waals surface area contributed by atoms with Crippen LogP contribution in [0.3, 0.4) is 0 Å². The molecule has 160 valence electrons. The largest absolute Gasteiger partial charge is 0.495 e. The summed E-state index contributed by atoms with van der Waals surface area (Å²) in [6, 6.07) is 22.3. The number of carbonyl (C=O) groups is 1. The summed E-state index contributed by atoms with van der Waals surface area (Å²) < 4.78 is 10.9. The van der Waals surface area contributed by atoms with Crippen molar-refractivity contribution in [2.24, 2.45) is 0 Å². The van der Waals surface area contributed by atoms with Gasteiger partial charge in [0, 0.05) is 12.1 Å². The molecule has 0 saturated heterocycles. The molecule has 1 amide bonds. The fourth-order valence-electron chi connectivity index (χ4n) is 2.85. The maximum atomic E-state index is 12.6. The van der Waals surface area contributed by atoms with Crippen molar-refractivity contribution in [1.29, 1.82) is 5.26 Å². The average molecular weight is 429 g/mol. The molecule has 0 aliphatic rings. The van der Waals surface area contributed by atoms with Gasteiger partial charge in [0.15, 0.2) is 0 Å². The second-order valence-corrected chi connectivity index (χ2v) is 6.61. The van der Waals surface area contributed by atoms with Crippen LogP contribution in [0.15, 0.2) is 78.4 Å². The molecule has 3 aromatic carbocycles. The van der Waals surface area contributed by atoms with Crippen molar-refractivity contribution < 1.29 is 19.2 Å². The number of anilines is 1. The number of amides is 1. The van der Waals surface area contributed by atoms with E-state index in [-0.39, 0.29) is 22.7 Å². The minimum absolute atomic E-state index is 0.0906. The number of methoxy groups -OCH3 is 1. The molecule has 3 rings (SSSR count). The van der Waals surface area contributed by atoms with E-state index in [2.05, 4.69) is 5.32 Å². The van der Waals surface area contributed by atoms with Gasteiger partial charge in [-0.15, -0.1) is 0 Å². The molecule has 0 bridgehead atoms. The van der Waals surface area contributed by atoms with Gasteiger partial charge in [0.05, 0.1) is 17.7 Å². The van der Waals surface area contributed by atoms with Gasteiger partial charge in [-0.3, -0.25) is 14.9 Å². The molecule has 8 nitrogen and oxygen atoms in total. The Bertz CT molecular complexity index is 1200. The summed E-state index contributed by atoms with van der Waals surface area (Å²) in [5.41, 5.74) is 1.29. The van der Waals surface area contributed by atoms with Gasteiger partial charge in [0.25, 0.3) is 11.6 Å². The standard InChI is InChI=1S/C24H19N3O5/c1-31-23-11-10-20(27(29)30)14-22(23)26-24(28)19(15-25)12-18-8-5-9-21(13-18)32-16-17-6-3-2-4-7-17/h2-14H,16H2,1H3,(H,26,28)/b19-12+. The van der Waals surface area contributed by atoms with Gasteiger partial charge in [-0.2, -0.15) is 5.26 Å². The summed E-state index contributed by atoms with van der Waals surface area (Å²) in [5, 5.41) is 23.0. The van der Waals surface area contributed by atoms with Gasteiger partial charge in [-0.25, -0.2) is 0 Å². The van der Waals surface area contributed by atoms with Gasteiger partial charge in [-0.05, 0) is 35.4 Å². The van der Waals surface area contributed by atoms with Crippen molar-refractivity contribution in [2.75, 3.05) is 12.4 Å². The average Bonchev–Trinajstić information content (AvgIpc) is 2.82. The molecule has 32 heavy (non-hydrogen) atoms. The van der Waals surface area contributed by atoms with E-state index in [1.807, 2.05) is 36.4 Å². The number of non-ortho nitro benzene ring substituents is 1. The predicted octanol–water partition coefficient (Wildman–Crippen LogP) is 4.73. The summed E-state index contributed by atoms with van der Waals surface area (Å²) in [6.45, 7) is 0.381. The number of ether oxygens (including phenoxy) is 2. The Morgan fingerprint density at radius 3 is 2.59 bits per heavy atom. The maximum Gasteiger partial charge on any atom is 0.271 e. The molecule has 0 atom stereocenters. The van der Waals surface area contributed by atoms with Crippen LogP contribution in [0.5, 0.6) is 11.5 Å². The van der Waals surface area contributed by atoms with E-state index in [4.69, 9.17) is 9.47 Å². The monoisotopic (exact) mass is 429 g/mol. The summed E-state index contributed by atoms with van der Waals surface area (Å²) in [6.07, 6.45) is 1.41. The van der Waals surface area contributed by atoms with Crippen LogP contribution in [-0.4, -0.2) is 17.9 Å². The zero-order valence-electron chi connectivity index (χ0n) is 17.1. The van der Waals surface area contributed by atoms with Crippen LogP contribution < -0.4 is 14.8 Å². The zero-order valence-corrected chi connectivity index (χ0v) is 17.1. The SMILES string of the molecule is COc1ccc([N+](=O)[O-])cc1NC(=O)/C(C#N)=C/c1cccc(OCc2ccccc2)c1. The van der Waals surface area contributed by atoms with Crippen molar-refractivity contribution in [3.05, 3.63) is 99.6 Å². The number of nitro benzene ring substituents is 1. The first-order valence-corrected chi connectivity index (χ1v) is 9.52. The molecule has 0 spiro atoms. The number of benzene rings is 3. The number of hydrogen-bond donors (Lipinski definition) is 1. The third-order valence-electron chi connectivity index (χ3n) is 4.42. The Morgan fingerprint density at radius 2 is 1.91 bits per heavy atom. The third kappa shape index (κ3) is 5.70. The lowest BCUT2D eigenvalue weighted by Crippen LogP contribution is -2.14. The second kappa shape index (κ2) is 10.4. The molecular formula is C24H19N3O5. The Hall–Kier alpha value is -4.64. The van der Waals surface area contributed by atoms with E-state index in [0.29, 0.717) is 17.9 Å². The highest BCUT2D eigenvalue weighted by atomic mass is 16.6. The van der Waals surface area contributed by atoms with Gasteiger partial charge < -0.3 is 14.8 Å². The third-order valence-corrected chi connectivity index (χ3v) is 4.42. The highest BCUT2D eigenvalue weighted by molar-refractivity contribution is 6.10. The minimum atomic E-state index is -0.720. The van der Waals surface area contributed by atoms with Crippen molar-refractivity contribution in [2.45, 2.75) is 6.61 Å². The number of nitrogens with zero attached hydrogens (tertiary/aromatic N) is 2. The summed E-state index contributed by atoms with van der Waals surface area (Å²) in [7, 11) is 1.37. The Kier molecular flexibility index (Phi) is 7.17. The molecule has 8 heteroatoms. The van der Waals surface area contributed by atoms with Crippen LogP contribution in [0.4, 0.5) is 11.4 Å². The number of rotatable bonds is 8. The molecular weight excluding hydrogens is 410 g/mol. The van der Waals surface area contributed by atoms with Crippen LogP contribution in [0.2, 0.25) is 0 Å². The predicted molar refractivity (Wildman–Crippen MR) is 119 cm³/mol. The van der Waals surface area contributed by atoms with Crippen molar-refractivity contribution in [3.63, 3.8) is 0 Å². The number of nitro groups is 1. The zero-order chi connectivity index (χ0) is 22.9. The Labute approximate surface area is 184 Å². The molecule has 0 aliphatic heterocycles. The summed E-state index contributed by atoms with van der Waals surface area (Å²) >= 11 is 0.